The molecule has 2 aromatic carbocycles. The van der Waals surface area contributed by atoms with Crippen LogP contribution in [0.2, 0.25) is 0 Å². The minimum absolute atomic E-state index is 0. The molecular formula is C22H28FIN4O2. The first-order valence-electron chi connectivity index (χ1n) is 9.67. The maximum atomic E-state index is 13.2. The van der Waals surface area contributed by atoms with Crippen LogP contribution in [0.25, 0.3) is 0 Å². The van der Waals surface area contributed by atoms with Crippen molar-refractivity contribution in [1.29, 1.82) is 0 Å². The van der Waals surface area contributed by atoms with E-state index in [2.05, 4.69) is 20.5 Å². The Morgan fingerprint density at radius 2 is 1.83 bits per heavy atom. The molecule has 0 spiro atoms. The summed E-state index contributed by atoms with van der Waals surface area (Å²) < 4.78 is 19.3. The first-order chi connectivity index (χ1) is 14.0. The highest BCUT2D eigenvalue weighted by Crippen LogP contribution is 2.25. The van der Waals surface area contributed by atoms with E-state index in [1.165, 1.54) is 12.1 Å². The Bertz CT molecular complexity index is 858. The summed E-state index contributed by atoms with van der Waals surface area (Å²) in [6.45, 7) is 3.96. The highest BCUT2D eigenvalue weighted by atomic mass is 127. The Kier molecular flexibility index (Phi) is 9.04. The lowest BCUT2D eigenvalue weighted by Crippen LogP contribution is -2.50. The highest BCUT2D eigenvalue weighted by molar-refractivity contribution is 14.0. The number of aliphatic imine (C=N–C) groups is 1. The standard InChI is InChI=1S/C22H27FN4O2.HI/c1-15-13-27(14-20(29-15)17-8-10-19(23)11-9-17)22(25-3)26-12-16-4-6-18(7-5-16)21(28)24-2;/h4-11,15,20H,12-14H2,1-3H3,(H,24,28)(H,25,26);1H. The molecule has 1 aliphatic heterocycles. The van der Waals surface area contributed by atoms with E-state index >= 15 is 0 Å². The molecule has 162 valence electrons. The molecule has 2 atom stereocenters. The number of benzene rings is 2. The molecule has 6 nitrogen and oxygen atoms in total. The van der Waals surface area contributed by atoms with Gasteiger partial charge in [-0.25, -0.2) is 4.39 Å². The number of amides is 1. The zero-order valence-electron chi connectivity index (χ0n) is 17.4. The molecule has 2 unspecified atom stereocenters. The smallest absolute Gasteiger partial charge is 0.251 e. The summed E-state index contributed by atoms with van der Waals surface area (Å²) in [4.78, 5) is 18.2. The van der Waals surface area contributed by atoms with Gasteiger partial charge in [0.1, 0.15) is 11.9 Å². The number of carbonyl (C=O) groups is 1. The fourth-order valence-electron chi connectivity index (χ4n) is 3.42. The molecule has 2 aromatic rings. The van der Waals surface area contributed by atoms with Gasteiger partial charge in [-0.15, -0.1) is 24.0 Å². The van der Waals surface area contributed by atoms with Crippen LogP contribution in [0.1, 0.15) is 34.5 Å². The van der Waals surface area contributed by atoms with Crippen LogP contribution in [0.4, 0.5) is 4.39 Å². The molecule has 8 heteroatoms. The summed E-state index contributed by atoms with van der Waals surface area (Å²) in [5.74, 6) is 0.423. The van der Waals surface area contributed by atoms with E-state index in [0.717, 1.165) is 17.1 Å². The molecule has 30 heavy (non-hydrogen) atoms. The Morgan fingerprint density at radius 1 is 1.17 bits per heavy atom. The average Bonchev–Trinajstić information content (AvgIpc) is 2.74. The van der Waals surface area contributed by atoms with Gasteiger partial charge in [-0.05, 0) is 42.3 Å². The minimum Gasteiger partial charge on any atom is -0.367 e. The summed E-state index contributed by atoms with van der Waals surface area (Å²) in [5.41, 5.74) is 2.63. The van der Waals surface area contributed by atoms with Crippen LogP contribution in [0, 0.1) is 5.82 Å². The second-order valence-electron chi connectivity index (χ2n) is 7.07. The molecule has 1 heterocycles. The first kappa shape index (κ1) is 24.1. The minimum atomic E-state index is -0.255. The van der Waals surface area contributed by atoms with Gasteiger partial charge < -0.3 is 20.3 Å². The van der Waals surface area contributed by atoms with Crippen molar-refractivity contribution in [3.8, 4) is 0 Å². The second-order valence-corrected chi connectivity index (χ2v) is 7.07. The lowest BCUT2D eigenvalue weighted by molar-refractivity contribution is -0.0605. The highest BCUT2D eigenvalue weighted by Gasteiger charge is 2.28. The van der Waals surface area contributed by atoms with Crippen LogP contribution in [-0.4, -0.2) is 50.1 Å². The third kappa shape index (κ3) is 6.15. The zero-order valence-corrected chi connectivity index (χ0v) is 19.7. The Balaban J connectivity index is 0.00000320. The molecule has 1 aliphatic rings. The van der Waals surface area contributed by atoms with Crippen LogP contribution < -0.4 is 10.6 Å². The van der Waals surface area contributed by atoms with Crippen molar-refractivity contribution in [3.05, 3.63) is 71.0 Å². The number of guanidine groups is 1. The average molecular weight is 526 g/mol. The molecule has 1 fully saturated rings. The number of nitrogens with zero attached hydrogens (tertiary/aromatic N) is 2. The van der Waals surface area contributed by atoms with Gasteiger partial charge in [-0.3, -0.25) is 9.79 Å². The van der Waals surface area contributed by atoms with Gasteiger partial charge in [0.05, 0.1) is 12.6 Å². The van der Waals surface area contributed by atoms with Gasteiger partial charge >= 0.3 is 0 Å². The third-order valence-corrected chi connectivity index (χ3v) is 4.91. The van der Waals surface area contributed by atoms with Gasteiger partial charge in [0, 0.05) is 32.7 Å². The van der Waals surface area contributed by atoms with Crippen LogP contribution >= 0.6 is 24.0 Å². The quantitative estimate of drug-likeness (QED) is 0.365. The van der Waals surface area contributed by atoms with Crippen molar-refractivity contribution < 1.29 is 13.9 Å². The van der Waals surface area contributed by atoms with E-state index in [4.69, 9.17) is 4.74 Å². The van der Waals surface area contributed by atoms with Crippen molar-refractivity contribution in [2.75, 3.05) is 27.2 Å². The summed E-state index contributed by atoms with van der Waals surface area (Å²) in [7, 11) is 3.37. The molecule has 0 aliphatic carbocycles. The van der Waals surface area contributed by atoms with Crippen molar-refractivity contribution in [1.82, 2.24) is 15.5 Å². The molecule has 1 saturated heterocycles. The lowest BCUT2D eigenvalue weighted by atomic mass is 10.1. The van der Waals surface area contributed by atoms with Crippen molar-refractivity contribution in [3.63, 3.8) is 0 Å². The predicted molar refractivity (Wildman–Crippen MR) is 127 cm³/mol. The number of hydrogen-bond acceptors (Lipinski definition) is 3. The lowest BCUT2D eigenvalue weighted by Gasteiger charge is -2.38. The topological polar surface area (TPSA) is 66.0 Å². The number of halogens is 2. The monoisotopic (exact) mass is 526 g/mol. The van der Waals surface area contributed by atoms with Crippen LogP contribution in [0.15, 0.2) is 53.5 Å². The van der Waals surface area contributed by atoms with Crippen molar-refractivity contribution in [2.45, 2.75) is 25.7 Å². The molecule has 0 bridgehead atoms. The number of hydrogen-bond donors (Lipinski definition) is 2. The van der Waals surface area contributed by atoms with Crippen LogP contribution in [-0.2, 0) is 11.3 Å². The van der Waals surface area contributed by atoms with E-state index in [1.807, 2.05) is 19.1 Å². The molecule has 1 amide bonds. The van der Waals surface area contributed by atoms with Crippen molar-refractivity contribution >= 4 is 35.8 Å². The summed E-state index contributed by atoms with van der Waals surface area (Å²) >= 11 is 0. The summed E-state index contributed by atoms with van der Waals surface area (Å²) in [6, 6.07) is 13.9. The van der Waals surface area contributed by atoms with Gasteiger partial charge in [-0.1, -0.05) is 24.3 Å². The zero-order chi connectivity index (χ0) is 20.8. The van der Waals surface area contributed by atoms with E-state index in [9.17, 15) is 9.18 Å². The number of ether oxygens (including phenoxy) is 1. The number of morpholine rings is 1. The van der Waals surface area contributed by atoms with Gasteiger partial charge in [0.25, 0.3) is 5.91 Å². The van der Waals surface area contributed by atoms with E-state index in [-0.39, 0.29) is 47.9 Å². The number of rotatable bonds is 4. The van der Waals surface area contributed by atoms with Crippen LogP contribution in [0.3, 0.4) is 0 Å². The largest absolute Gasteiger partial charge is 0.367 e. The van der Waals surface area contributed by atoms with E-state index in [0.29, 0.717) is 25.2 Å². The van der Waals surface area contributed by atoms with Crippen molar-refractivity contribution in [2.24, 2.45) is 4.99 Å². The fraction of sp³-hybridized carbons (Fsp3) is 0.364. The van der Waals surface area contributed by atoms with Gasteiger partial charge in [0.15, 0.2) is 5.96 Å². The summed E-state index contributed by atoms with van der Waals surface area (Å²) in [6.07, 6.45) is -0.131. The molecule has 0 saturated carbocycles. The second kappa shape index (κ2) is 11.3. The van der Waals surface area contributed by atoms with E-state index < -0.39 is 0 Å². The Labute approximate surface area is 193 Å². The Morgan fingerprint density at radius 3 is 2.43 bits per heavy atom. The Hall–Kier alpha value is -2.20. The maximum absolute atomic E-state index is 13.2. The van der Waals surface area contributed by atoms with Gasteiger partial charge in [-0.2, -0.15) is 0 Å². The molecule has 3 rings (SSSR count). The van der Waals surface area contributed by atoms with Gasteiger partial charge in [0.2, 0.25) is 0 Å². The number of carbonyl (C=O) groups excluding carboxylic acids is 1. The summed E-state index contributed by atoms with van der Waals surface area (Å²) in [5, 5.41) is 5.99. The number of nitrogens with one attached hydrogen (secondary N) is 2. The maximum Gasteiger partial charge on any atom is 0.251 e. The molecule has 0 radical (unpaired) electrons. The first-order valence-corrected chi connectivity index (χ1v) is 9.67. The van der Waals surface area contributed by atoms with Crippen LogP contribution in [0.5, 0.6) is 0 Å². The third-order valence-electron chi connectivity index (χ3n) is 4.91. The fourth-order valence-corrected chi connectivity index (χ4v) is 3.42. The predicted octanol–water partition coefficient (Wildman–Crippen LogP) is 3.34. The molecule has 0 aromatic heterocycles. The van der Waals surface area contributed by atoms with E-state index in [1.54, 1.807) is 38.4 Å². The normalized spacial score (nSPS) is 19.1. The molecular weight excluding hydrogens is 498 g/mol. The molecule has 2 N–H and O–H groups in total. The SMILES string of the molecule is CN=C(NCc1ccc(C(=O)NC)cc1)N1CC(C)OC(c2ccc(F)cc2)C1.I.